The summed E-state index contributed by atoms with van der Waals surface area (Å²) in [6.07, 6.45) is 9.48. The minimum absolute atomic E-state index is 0.0230. The molecule has 0 bridgehead atoms. The Morgan fingerprint density at radius 2 is 2.13 bits per heavy atom. The Morgan fingerprint density at radius 1 is 1.40 bits per heavy atom. The number of carbonyl (C=O) groups excluding carboxylic acids is 1. The number of fused-ring (bicyclic) bond motifs is 1. The Bertz CT molecular complexity index is 1060. The maximum atomic E-state index is 14.6. The van der Waals surface area contributed by atoms with E-state index < -0.39 is 16.8 Å². The predicted octanol–water partition coefficient (Wildman–Crippen LogP) is 4.19. The lowest BCUT2D eigenvalue weighted by atomic mass is 9.85. The molecule has 2 heterocycles. The minimum atomic E-state index is -0.921. The maximum Gasteiger partial charge on any atom is 0.272 e. The molecule has 2 aromatic rings. The molecule has 1 amide bonds. The van der Waals surface area contributed by atoms with Crippen LogP contribution in [-0.2, 0) is 4.79 Å². The van der Waals surface area contributed by atoms with E-state index >= 15 is 0 Å². The van der Waals surface area contributed by atoms with Gasteiger partial charge in [-0.1, -0.05) is 19.8 Å². The van der Waals surface area contributed by atoms with Gasteiger partial charge in [0.25, 0.3) is 5.91 Å². The SMILES string of the molecule is C#Cc1cnc2cc(F)c(OC(SC)C(=O)NC(C)(C)C3=NCC(C)(C)C3)cc2c1. The summed E-state index contributed by atoms with van der Waals surface area (Å²) in [7, 11) is 0. The van der Waals surface area contributed by atoms with Gasteiger partial charge in [-0.05, 0) is 44.1 Å². The number of hydrogen-bond donors (Lipinski definition) is 1. The molecule has 0 radical (unpaired) electrons. The second-order valence-electron chi connectivity index (χ2n) is 8.75. The van der Waals surface area contributed by atoms with E-state index in [-0.39, 0.29) is 17.1 Å². The number of halogens is 1. The van der Waals surface area contributed by atoms with E-state index in [2.05, 4.69) is 35.1 Å². The van der Waals surface area contributed by atoms with Gasteiger partial charge in [0.05, 0.1) is 11.1 Å². The predicted molar refractivity (Wildman–Crippen MR) is 120 cm³/mol. The number of terminal acetylenes is 1. The number of rotatable bonds is 6. The first-order valence-electron chi connectivity index (χ1n) is 9.66. The summed E-state index contributed by atoms with van der Waals surface area (Å²) >= 11 is 1.19. The third kappa shape index (κ3) is 4.76. The van der Waals surface area contributed by atoms with Gasteiger partial charge in [0.15, 0.2) is 11.6 Å². The highest BCUT2D eigenvalue weighted by atomic mass is 32.2. The van der Waals surface area contributed by atoms with Crippen LogP contribution in [0.25, 0.3) is 10.9 Å². The van der Waals surface area contributed by atoms with Crippen LogP contribution in [0.4, 0.5) is 4.39 Å². The fraction of sp³-hybridized carbons (Fsp3) is 0.435. The van der Waals surface area contributed by atoms with Crippen LogP contribution in [0, 0.1) is 23.6 Å². The van der Waals surface area contributed by atoms with Crippen molar-refractivity contribution in [2.75, 3.05) is 12.8 Å². The minimum Gasteiger partial charge on any atom is -0.467 e. The zero-order valence-electron chi connectivity index (χ0n) is 17.9. The summed E-state index contributed by atoms with van der Waals surface area (Å²) in [6, 6.07) is 4.52. The number of nitrogens with zero attached hydrogens (tertiary/aromatic N) is 2. The summed E-state index contributed by atoms with van der Waals surface area (Å²) < 4.78 is 20.3. The number of hydrogen-bond acceptors (Lipinski definition) is 5. The molecule has 1 aromatic heterocycles. The molecule has 158 valence electrons. The van der Waals surface area contributed by atoms with Gasteiger partial charge in [0.1, 0.15) is 0 Å². The van der Waals surface area contributed by atoms with Crippen molar-refractivity contribution in [2.24, 2.45) is 10.4 Å². The monoisotopic (exact) mass is 427 g/mol. The molecular weight excluding hydrogens is 401 g/mol. The lowest BCUT2D eigenvalue weighted by Gasteiger charge is -2.30. The van der Waals surface area contributed by atoms with Crippen LogP contribution >= 0.6 is 11.8 Å². The van der Waals surface area contributed by atoms with Crippen LogP contribution in [0.1, 0.15) is 39.7 Å². The van der Waals surface area contributed by atoms with Crippen LogP contribution in [0.5, 0.6) is 5.75 Å². The van der Waals surface area contributed by atoms with Crippen molar-refractivity contribution < 1.29 is 13.9 Å². The van der Waals surface area contributed by atoms with E-state index in [1.807, 2.05) is 13.8 Å². The van der Waals surface area contributed by atoms with Crippen LogP contribution < -0.4 is 10.1 Å². The number of benzene rings is 1. The number of carbonyl (C=O) groups is 1. The fourth-order valence-electron chi connectivity index (χ4n) is 3.36. The first kappa shape index (κ1) is 22.1. The third-order valence-corrected chi connectivity index (χ3v) is 5.80. The van der Waals surface area contributed by atoms with Crippen molar-refractivity contribution in [1.29, 1.82) is 0 Å². The number of pyridine rings is 1. The van der Waals surface area contributed by atoms with E-state index in [1.165, 1.54) is 30.1 Å². The molecule has 5 nitrogen and oxygen atoms in total. The quantitative estimate of drug-likeness (QED) is 0.555. The summed E-state index contributed by atoms with van der Waals surface area (Å²) in [5.74, 6) is 1.56. The molecule has 7 heteroatoms. The van der Waals surface area contributed by atoms with Crippen molar-refractivity contribution in [3.8, 4) is 18.1 Å². The molecule has 0 fully saturated rings. The van der Waals surface area contributed by atoms with E-state index in [0.29, 0.717) is 16.5 Å². The van der Waals surface area contributed by atoms with Gasteiger partial charge in [-0.25, -0.2) is 4.39 Å². The average molecular weight is 428 g/mol. The van der Waals surface area contributed by atoms with Crippen LogP contribution in [0.2, 0.25) is 0 Å². The zero-order valence-corrected chi connectivity index (χ0v) is 18.7. The number of thioether (sulfide) groups is 1. The highest BCUT2D eigenvalue weighted by Gasteiger charge is 2.37. The Kier molecular flexibility index (Phi) is 6.09. The number of nitrogens with one attached hydrogen (secondary N) is 1. The average Bonchev–Trinajstić information content (AvgIpc) is 3.06. The van der Waals surface area contributed by atoms with Gasteiger partial charge >= 0.3 is 0 Å². The van der Waals surface area contributed by atoms with Gasteiger partial charge in [-0.15, -0.1) is 18.2 Å². The molecule has 1 unspecified atom stereocenters. The van der Waals surface area contributed by atoms with Crippen molar-refractivity contribution in [3.63, 3.8) is 0 Å². The number of ether oxygens (including phenoxy) is 1. The first-order valence-corrected chi connectivity index (χ1v) is 10.9. The van der Waals surface area contributed by atoms with Crippen molar-refractivity contribution in [3.05, 3.63) is 35.8 Å². The Balaban J connectivity index is 1.78. The Morgan fingerprint density at radius 3 is 2.73 bits per heavy atom. The smallest absolute Gasteiger partial charge is 0.272 e. The second kappa shape index (κ2) is 8.27. The van der Waals surface area contributed by atoms with E-state index in [1.54, 1.807) is 12.3 Å². The van der Waals surface area contributed by atoms with Gasteiger partial charge in [0.2, 0.25) is 5.44 Å². The van der Waals surface area contributed by atoms with Gasteiger partial charge in [0, 0.05) is 35.5 Å². The van der Waals surface area contributed by atoms with Crippen molar-refractivity contribution >= 4 is 34.3 Å². The molecule has 1 aliphatic rings. The largest absolute Gasteiger partial charge is 0.467 e. The summed E-state index contributed by atoms with van der Waals surface area (Å²) in [5.41, 5.74) is 0.552. The van der Waals surface area contributed by atoms with Gasteiger partial charge in [-0.2, -0.15) is 0 Å². The normalized spacial score (nSPS) is 16.6. The van der Waals surface area contributed by atoms with Crippen LogP contribution in [-0.4, -0.2) is 40.4 Å². The van der Waals surface area contributed by atoms with E-state index in [9.17, 15) is 9.18 Å². The lowest BCUT2D eigenvalue weighted by Crippen LogP contribution is -2.53. The summed E-state index contributed by atoms with van der Waals surface area (Å²) in [5, 5.41) is 3.65. The van der Waals surface area contributed by atoms with E-state index in [0.717, 1.165) is 18.7 Å². The summed E-state index contributed by atoms with van der Waals surface area (Å²) in [6.45, 7) is 8.88. The molecule has 1 aliphatic heterocycles. The molecule has 0 saturated heterocycles. The maximum absolute atomic E-state index is 14.6. The van der Waals surface area contributed by atoms with Gasteiger partial charge < -0.3 is 10.1 Å². The summed E-state index contributed by atoms with van der Waals surface area (Å²) in [4.78, 5) is 21.7. The molecule has 3 rings (SSSR count). The zero-order chi connectivity index (χ0) is 22.1. The van der Waals surface area contributed by atoms with Crippen molar-refractivity contribution in [2.45, 2.75) is 45.1 Å². The van der Waals surface area contributed by atoms with Crippen LogP contribution in [0.15, 0.2) is 29.4 Å². The fourth-order valence-corrected chi connectivity index (χ4v) is 3.83. The van der Waals surface area contributed by atoms with Crippen LogP contribution in [0.3, 0.4) is 0 Å². The topological polar surface area (TPSA) is 63.6 Å². The Hall–Kier alpha value is -2.59. The molecule has 0 saturated carbocycles. The molecule has 1 atom stereocenters. The Labute approximate surface area is 180 Å². The second-order valence-corrected chi connectivity index (χ2v) is 9.65. The number of amides is 1. The molecule has 30 heavy (non-hydrogen) atoms. The highest BCUT2D eigenvalue weighted by Crippen LogP contribution is 2.32. The number of aromatic nitrogens is 1. The lowest BCUT2D eigenvalue weighted by molar-refractivity contribution is -0.125. The molecule has 1 aromatic carbocycles. The standard InChI is InChI=1S/C23H26FN3O2S/c1-7-14-8-15-9-18(16(24)10-17(15)25-12-14)29-21(30-6)20(28)27-23(4,5)19-11-22(2,3)13-26-19/h1,8-10,12,21H,11,13H2,2-6H3,(H,27,28). The van der Waals surface area contributed by atoms with Gasteiger partial charge in [-0.3, -0.25) is 14.8 Å². The van der Waals surface area contributed by atoms with E-state index in [4.69, 9.17) is 11.2 Å². The molecule has 0 aliphatic carbocycles. The number of aliphatic imine (C=N–C) groups is 1. The highest BCUT2D eigenvalue weighted by molar-refractivity contribution is 7.99. The van der Waals surface area contributed by atoms with Crippen molar-refractivity contribution in [1.82, 2.24) is 10.3 Å². The third-order valence-electron chi connectivity index (χ3n) is 5.06. The first-order chi connectivity index (χ1) is 14.0. The molecular formula is C23H26FN3O2S. The molecule has 1 N–H and O–H groups in total. The molecule has 0 spiro atoms.